The van der Waals surface area contributed by atoms with Crippen molar-refractivity contribution in [2.45, 2.75) is 91.1 Å². The molecule has 4 rings (SSSR count). The number of hydrogen-bond acceptors (Lipinski definition) is 3. The van der Waals surface area contributed by atoms with E-state index in [1.54, 1.807) is 0 Å². The Morgan fingerprint density at radius 3 is 2.52 bits per heavy atom. The molecule has 0 unspecified atom stereocenters. The molecule has 4 saturated carbocycles. The number of hydrogen-bond donors (Lipinski definition) is 2. The van der Waals surface area contributed by atoms with Gasteiger partial charge in [0, 0.05) is 18.9 Å². The van der Waals surface area contributed by atoms with E-state index >= 15 is 0 Å². The van der Waals surface area contributed by atoms with E-state index < -0.39 is 0 Å². The topological polar surface area (TPSA) is 57.5 Å². The summed E-state index contributed by atoms with van der Waals surface area (Å²) in [6.45, 7) is 7.62. The van der Waals surface area contributed by atoms with Crippen LogP contribution >= 0.6 is 0 Å². The van der Waals surface area contributed by atoms with Crippen LogP contribution in [0, 0.1) is 46.3 Å². The average Bonchev–Trinajstić information content (AvgIpc) is 2.98. The molecular weight excluding hydrogens is 336 g/mol. The molecule has 0 aromatic heterocycles. The van der Waals surface area contributed by atoms with Gasteiger partial charge in [0.25, 0.3) is 0 Å². The maximum atomic E-state index is 13.4. The van der Waals surface area contributed by atoms with Crippen LogP contribution < -0.4 is 0 Å². The number of carbonyl (C=O) groups is 1. The van der Waals surface area contributed by atoms with E-state index in [2.05, 4.69) is 20.8 Å². The second kappa shape index (κ2) is 7.13. The van der Waals surface area contributed by atoms with Crippen molar-refractivity contribution in [3.8, 4) is 0 Å². The lowest BCUT2D eigenvalue weighted by Gasteiger charge is -2.60. The van der Waals surface area contributed by atoms with Crippen LogP contribution in [-0.4, -0.2) is 28.7 Å². The Balaban J connectivity index is 1.58. The summed E-state index contributed by atoms with van der Waals surface area (Å²) < 4.78 is 0. The van der Waals surface area contributed by atoms with E-state index in [9.17, 15) is 15.0 Å². The van der Waals surface area contributed by atoms with Crippen molar-refractivity contribution >= 4 is 5.78 Å². The Morgan fingerprint density at radius 2 is 1.78 bits per heavy atom. The molecule has 3 heteroatoms. The summed E-state index contributed by atoms with van der Waals surface area (Å²) in [5.74, 6) is 3.67. The van der Waals surface area contributed by atoms with Crippen LogP contribution in [0.5, 0.6) is 0 Å². The third-order valence-corrected chi connectivity index (χ3v) is 10.0. The summed E-state index contributed by atoms with van der Waals surface area (Å²) in [4.78, 5) is 13.4. The molecule has 0 aromatic carbocycles. The van der Waals surface area contributed by atoms with Gasteiger partial charge < -0.3 is 10.2 Å². The van der Waals surface area contributed by atoms with Crippen LogP contribution in [0.2, 0.25) is 0 Å². The molecule has 27 heavy (non-hydrogen) atoms. The highest BCUT2D eigenvalue weighted by molar-refractivity contribution is 5.83. The van der Waals surface area contributed by atoms with Gasteiger partial charge in [0.15, 0.2) is 0 Å². The number of rotatable bonds is 4. The quantitative estimate of drug-likeness (QED) is 0.754. The van der Waals surface area contributed by atoms with Gasteiger partial charge in [-0.3, -0.25) is 4.79 Å². The maximum Gasteiger partial charge on any atom is 0.136 e. The molecule has 4 aliphatic carbocycles. The zero-order valence-electron chi connectivity index (χ0n) is 17.6. The predicted octanol–water partition coefficient (Wildman–Crippen LogP) is 4.59. The first-order valence-electron chi connectivity index (χ1n) is 11.6. The molecule has 154 valence electrons. The van der Waals surface area contributed by atoms with Crippen molar-refractivity contribution in [2.24, 2.45) is 46.3 Å². The van der Waals surface area contributed by atoms with Crippen LogP contribution in [0.1, 0.15) is 85.0 Å². The number of aliphatic hydroxyl groups excluding tert-OH is 2. The van der Waals surface area contributed by atoms with E-state index in [1.807, 2.05) is 0 Å². The van der Waals surface area contributed by atoms with Gasteiger partial charge in [-0.05, 0) is 98.2 Å². The molecular formula is C24H40O3. The molecule has 4 fully saturated rings. The van der Waals surface area contributed by atoms with Crippen LogP contribution in [0.3, 0.4) is 0 Å². The van der Waals surface area contributed by atoms with Crippen LogP contribution in [0.15, 0.2) is 0 Å². The lowest BCUT2D eigenvalue weighted by Crippen LogP contribution is -2.57. The minimum absolute atomic E-state index is 0.190. The van der Waals surface area contributed by atoms with Gasteiger partial charge in [-0.2, -0.15) is 0 Å². The Morgan fingerprint density at radius 1 is 1.07 bits per heavy atom. The molecule has 0 heterocycles. The highest BCUT2D eigenvalue weighted by Gasteiger charge is 2.62. The average molecular weight is 377 g/mol. The number of ketones is 1. The lowest BCUT2D eigenvalue weighted by molar-refractivity contribution is -0.160. The minimum Gasteiger partial charge on any atom is -0.396 e. The first kappa shape index (κ1) is 19.9. The van der Waals surface area contributed by atoms with Gasteiger partial charge in [-0.25, -0.2) is 0 Å². The summed E-state index contributed by atoms with van der Waals surface area (Å²) in [5.41, 5.74) is 0.572. The monoisotopic (exact) mass is 376 g/mol. The number of fused-ring (bicyclic) bond motifs is 5. The fourth-order valence-corrected chi connectivity index (χ4v) is 8.50. The summed E-state index contributed by atoms with van der Waals surface area (Å²) in [6.07, 6.45) is 10.4. The second-order valence-corrected chi connectivity index (χ2v) is 11.1. The van der Waals surface area contributed by atoms with Crippen LogP contribution in [0.25, 0.3) is 0 Å². The summed E-state index contributed by atoms with van der Waals surface area (Å²) >= 11 is 0. The first-order valence-corrected chi connectivity index (χ1v) is 11.6. The van der Waals surface area contributed by atoms with E-state index in [4.69, 9.17) is 0 Å². The van der Waals surface area contributed by atoms with Crippen molar-refractivity contribution < 1.29 is 15.0 Å². The van der Waals surface area contributed by atoms with E-state index in [0.717, 1.165) is 32.1 Å². The Kier molecular flexibility index (Phi) is 5.25. The molecule has 0 spiro atoms. The van der Waals surface area contributed by atoms with Gasteiger partial charge in [-0.1, -0.05) is 20.8 Å². The highest BCUT2D eigenvalue weighted by Crippen LogP contribution is 2.67. The zero-order valence-corrected chi connectivity index (χ0v) is 17.6. The molecule has 0 radical (unpaired) electrons. The molecule has 4 aliphatic rings. The van der Waals surface area contributed by atoms with Crippen molar-refractivity contribution in [1.29, 1.82) is 0 Å². The molecule has 0 aliphatic heterocycles. The third kappa shape index (κ3) is 3.03. The number of Topliss-reactive ketones (excluding diaryl/α,β-unsaturated/α-hetero) is 1. The highest BCUT2D eigenvalue weighted by atomic mass is 16.3. The second-order valence-electron chi connectivity index (χ2n) is 11.1. The van der Waals surface area contributed by atoms with Crippen molar-refractivity contribution in [3.05, 3.63) is 0 Å². The fourth-order valence-electron chi connectivity index (χ4n) is 8.50. The minimum atomic E-state index is -0.190. The summed E-state index contributed by atoms with van der Waals surface area (Å²) in [5, 5.41) is 19.4. The van der Waals surface area contributed by atoms with E-state index in [0.29, 0.717) is 53.8 Å². The van der Waals surface area contributed by atoms with Gasteiger partial charge >= 0.3 is 0 Å². The van der Waals surface area contributed by atoms with Crippen LogP contribution in [0.4, 0.5) is 0 Å². The van der Waals surface area contributed by atoms with Crippen molar-refractivity contribution in [2.75, 3.05) is 6.61 Å². The SMILES string of the molecule is C[C@H](CCCO)[C@H]1CC[C@H]2[C@@H]3C(=O)C[C@@H]4C[C@H](O)CC[C@]4(C)[C@H]3CC[C@]12C. The first-order chi connectivity index (χ1) is 12.8. The van der Waals surface area contributed by atoms with Gasteiger partial charge in [-0.15, -0.1) is 0 Å². The Bertz CT molecular complexity index is 574. The van der Waals surface area contributed by atoms with Gasteiger partial charge in [0.2, 0.25) is 0 Å². The number of carbonyl (C=O) groups excluding carboxylic acids is 1. The molecule has 0 saturated heterocycles. The summed E-state index contributed by atoms with van der Waals surface area (Å²) in [7, 11) is 0. The predicted molar refractivity (Wildman–Crippen MR) is 107 cm³/mol. The van der Waals surface area contributed by atoms with E-state index in [-0.39, 0.29) is 17.4 Å². The van der Waals surface area contributed by atoms with E-state index in [1.165, 1.54) is 25.7 Å². The van der Waals surface area contributed by atoms with Gasteiger partial charge in [0.1, 0.15) is 5.78 Å². The largest absolute Gasteiger partial charge is 0.396 e. The normalized spacial score (nSPS) is 50.6. The van der Waals surface area contributed by atoms with Crippen molar-refractivity contribution in [3.63, 3.8) is 0 Å². The van der Waals surface area contributed by atoms with Gasteiger partial charge in [0.05, 0.1) is 6.10 Å². The molecule has 9 atom stereocenters. The van der Waals surface area contributed by atoms with Crippen molar-refractivity contribution in [1.82, 2.24) is 0 Å². The Hall–Kier alpha value is -0.410. The summed E-state index contributed by atoms with van der Waals surface area (Å²) in [6, 6.07) is 0. The lowest BCUT2D eigenvalue weighted by atomic mass is 9.44. The fraction of sp³-hybridized carbons (Fsp3) is 0.958. The zero-order chi connectivity index (χ0) is 19.4. The molecule has 3 nitrogen and oxygen atoms in total. The smallest absolute Gasteiger partial charge is 0.136 e. The molecule has 0 bridgehead atoms. The Labute approximate surface area is 165 Å². The molecule has 0 amide bonds. The maximum absolute atomic E-state index is 13.4. The third-order valence-electron chi connectivity index (χ3n) is 10.0. The standard InChI is InChI=1S/C24H40O3/c1-15(5-4-12-25)18-6-7-19-22-20(9-11-24(18,19)3)23(2)10-8-17(26)13-16(23)14-21(22)27/h15-20,22,25-26H,4-14H2,1-3H3/t15-,16+,17-,18-,19+,20+,22+,23+,24-/m1/s1. The molecule has 0 aromatic rings. The molecule has 2 N–H and O–H groups in total. The number of aliphatic hydroxyl groups is 2. The van der Waals surface area contributed by atoms with Crippen LogP contribution in [-0.2, 0) is 4.79 Å².